The standard InChI is InChI=1S/C29H33F3N4O4/c1-35(2)26(37)10-5-6-13-33-19-11-12-24(29(30,31)32)25(16-19)36-28(38)23-9-7-8-22(23)27(34-36)18-14-20(39-3)17-21(15-18)40-4/h11-12,14-17,33H,5-10,13H2,1-4H3. The molecule has 0 radical (unpaired) electrons. The Morgan fingerprint density at radius 3 is 2.33 bits per heavy atom. The van der Waals surface area contributed by atoms with Crippen molar-refractivity contribution < 1.29 is 27.4 Å². The predicted molar refractivity (Wildman–Crippen MR) is 146 cm³/mol. The van der Waals surface area contributed by atoms with E-state index in [1.165, 1.54) is 31.3 Å². The summed E-state index contributed by atoms with van der Waals surface area (Å²) in [5.41, 5.74) is 0.735. The molecule has 4 rings (SSSR count). The number of amides is 1. The van der Waals surface area contributed by atoms with Crippen LogP contribution in [0.25, 0.3) is 16.9 Å². The number of aromatic nitrogens is 2. The Hall–Kier alpha value is -4.02. The molecule has 1 heterocycles. The van der Waals surface area contributed by atoms with E-state index in [4.69, 9.17) is 9.47 Å². The number of halogens is 3. The maximum absolute atomic E-state index is 14.2. The highest BCUT2D eigenvalue weighted by molar-refractivity contribution is 5.75. The van der Waals surface area contributed by atoms with Crippen molar-refractivity contribution in [3.8, 4) is 28.4 Å². The normalized spacial score (nSPS) is 12.7. The number of methoxy groups -OCH3 is 2. The molecule has 0 saturated carbocycles. The van der Waals surface area contributed by atoms with Gasteiger partial charge in [0.25, 0.3) is 5.56 Å². The minimum Gasteiger partial charge on any atom is -0.497 e. The van der Waals surface area contributed by atoms with Crippen molar-refractivity contribution in [3.05, 3.63) is 63.4 Å². The fourth-order valence-electron chi connectivity index (χ4n) is 4.83. The molecule has 1 aromatic heterocycles. The highest BCUT2D eigenvalue weighted by Gasteiger charge is 2.35. The molecule has 1 aliphatic carbocycles. The summed E-state index contributed by atoms with van der Waals surface area (Å²) < 4.78 is 54.1. The molecule has 2 aromatic carbocycles. The zero-order chi connectivity index (χ0) is 29.0. The zero-order valence-corrected chi connectivity index (χ0v) is 23.0. The molecule has 0 atom stereocenters. The maximum atomic E-state index is 14.2. The van der Waals surface area contributed by atoms with Gasteiger partial charge in [-0.05, 0) is 68.0 Å². The van der Waals surface area contributed by atoms with Gasteiger partial charge in [0, 0.05) is 49.9 Å². The van der Waals surface area contributed by atoms with E-state index >= 15 is 0 Å². The van der Waals surface area contributed by atoms with Crippen LogP contribution < -0.4 is 20.3 Å². The number of nitrogens with zero attached hydrogens (tertiary/aromatic N) is 3. The summed E-state index contributed by atoms with van der Waals surface area (Å²) in [6.07, 6.45) is -1.29. The van der Waals surface area contributed by atoms with Crippen LogP contribution in [0, 0.1) is 0 Å². The molecule has 0 saturated heterocycles. The Labute approximate surface area is 230 Å². The zero-order valence-electron chi connectivity index (χ0n) is 23.0. The number of anilines is 1. The highest BCUT2D eigenvalue weighted by Crippen LogP contribution is 2.37. The Bertz CT molecular complexity index is 1430. The third kappa shape index (κ3) is 6.24. The van der Waals surface area contributed by atoms with Crippen LogP contribution in [0.15, 0.2) is 41.2 Å². The third-order valence-electron chi connectivity index (χ3n) is 6.96. The number of rotatable bonds is 10. The molecule has 0 unspecified atom stereocenters. The van der Waals surface area contributed by atoms with E-state index in [1.54, 1.807) is 32.3 Å². The first-order valence-electron chi connectivity index (χ1n) is 13.1. The second-order valence-electron chi connectivity index (χ2n) is 9.88. The summed E-state index contributed by atoms with van der Waals surface area (Å²) in [5.74, 6) is 1.01. The second-order valence-corrected chi connectivity index (χ2v) is 9.88. The van der Waals surface area contributed by atoms with Crippen LogP contribution in [-0.2, 0) is 23.8 Å². The molecule has 8 nitrogen and oxygen atoms in total. The molecule has 1 amide bonds. The first-order chi connectivity index (χ1) is 19.0. The largest absolute Gasteiger partial charge is 0.497 e. The van der Waals surface area contributed by atoms with Gasteiger partial charge in [0.1, 0.15) is 11.5 Å². The van der Waals surface area contributed by atoms with Gasteiger partial charge in [-0.2, -0.15) is 23.0 Å². The van der Waals surface area contributed by atoms with Crippen LogP contribution in [0.3, 0.4) is 0 Å². The highest BCUT2D eigenvalue weighted by atomic mass is 19.4. The SMILES string of the molecule is COc1cc(OC)cc(-c2nn(-c3cc(NCCCCC(=O)N(C)C)ccc3C(F)(F)F)c(=O)c3c2CCC3)c1. The summed E-state index contributed by atoms with van der Waals surface area (Å²) in [5, 5.41) is 7.64. The number of alkyl halides is 3. The Morgan fingerprint density at radius 1 is 1.02 bits per heavy atom. The maximum Gasteiger partial charge on any atom is 0.418 e. The number of hydrogen-bond donors (Lipinski definition) is 1. The number of unbranched alkanes of at least 4 members (excludes halogenated alkanes) is 1. The lowest BCUT2D eigenvalue weighted by atomic mass is 10.0. The van der Waals surface area contributed by atoms with Crippen LogP contribution in [0.4, 0.5) is 18.9 Å². The summed E-state index contributed by atoms with van der Waals surface area (Å²) in [6, 6.07) is 8.74. The van der Waals surface area contributed by atoms with Crippen molar-refractivity contribution in [1.29, 1.82) is 0 Å². The van der Waals surface area contributed by atoms with Gasteiger partial charge < -0.3 is 19.7 Å². The van der Waals surface area contributed by atoms with Gasteiger partial charge in [-0.15, -0.1) is 0 Å². The van der Waals surface area contributed by atoms with Gasteiger partial charge in [0.2, 0.25) is 5.91 Å². The lowest BCUT2D eigenvalue weighted by Gasteiger charge is -2.19. The number of fused-ring (bicyclic) bond motifs is 1. The molecule has 0 aliphatic heterocycles. The average Bonchev–Trinajstić information content (AvgIpc) is 3.42. The molecule has 0 spiro atoms. The minimum atomic E-state index is -4.71. The number of carbonyl (C=O) groups is 1. The quantitative estimate of drug-likeness (QED) is 0.349. The molecular weight excluding hydrogens is 525 g/mol. The monoisotopic (exact) mass is 558 g/mol. The van der Waals surface area contributed by atoms with E-state index < -0.39 is 17.3 Å². The molecule has 0 fully saturated rings. The average molecular weight is 559 g/mol. The molecule has 11 heteroatoms. The van der Waals surface area contributed by atoms with Crippen molar-refractivity contribution in [3.63, 3.8) is 0 Å². The van der Waals surface area contributed by atoms with Crippen LogP contribution in [0.1, 0.15) is 42.4 Å². The van der Waals surface area contributed by atoms with Crippen LogP contribution in [-0.4, -0.2) is 55.4 Å². The van der Waals surface area contributed by atoms with Gasteiger partial charge in [-0.25, -0.2) is 0 Å². The lowest BCUT2D eigenvalue weighted by molar-refractivity contribution is -0.137. The second kappa shape index (κ2) is 12.0. The van der Waals surface area contributed by atoms with Crippen molar-refractivity contribution in [1.82, 2.24) is 14.7 Å². The first-order valence-corrected chi connectivity index (χ1v) is 13.1. The molecule has 1 N–H and O–H groups in total. The van der Waals surface area contributed by atoms with Gasteiger partial charge in [0.15, 0.2) is 0 Å². The van der Waals surface area contributed by atoms with Gasteiger partial charge in [0.05, 0.1) is 31.2 Å². The molecule has 40 heavy (non-hydrogen) atoms. The predicted octanol–water partition coefficient (Wildman–Crippen LogP) is 5.09. The van der Waals surface area contributed by atoms with E-state index in [9.17, 15) is 22.8 Å². The van der Waals surface area contributed by atoms with Crippen LogP contribution >= 0.6 is 0 Å². The lowest BCUT2D eigenvalue weighted by Crippen LogP contribution is -2.28. The number of hydrogen-bond acceptors (Lipinski definition) is 6. The molecule has 214 valence electrons. The minimum absolute atomic E-state index is 0.0170. The van der Waals surface area contributed by atoms with Crippen molar-refractivity contribution in [2.24, 2.45) is 0 Å². The first kappa shape index (κ1) is 29.0. The topological polar surface area (TPSA) is 85.7 Å². The number of ether oxygens (including phenoxy) is 2. The van der Waals surface area contributed by atoms with Crippen molar-refractivity contribution in [2.45, 2.75) is 44.7 Å². The fraction of sp³-hybridized carbons (Fsp3) is 0.414. The van der Waals surface area contributed by atoms with E-state index in [2.05, 4.69) is 10.4 Å². The van der Waals surface area contributed by atoms with Gasteiger partial charge in [-0.3, -0.25) is 9.59 Å². The molecule has 3 aromatic rings. The summed E-state index contributed by atoms with van der Waals surface area (Å²) >= 11 is 0. The number of nitrogens with one attached hydrogen (secondary N) is 1. The Kier molecular flexibility index (Phi) is 8.70. The Morgan fingerprint density at radius 2 is 1.70 bits per heavy atom. The van der Waals surface area contributed by atoms with E-state index in [0.29, 0.717) is 79.1 Å². The smallest absolute Gasteiger partial charge is 0.418 e. The third-order valence-corrected chi connectivity index (χ3v) is 6.96. The summed E-state index contributed by atoms with van der Waals surface area (Å²) in [4.78, 5) is 26.8. The van der Waals surface area contributed by atoms with E-state index in [0.717, 1.165) is 16.3 Å². The summed E-state index contributed by atoms with van der Waals surface area (Å²) in [6.45, 7) is 0.451. The van der Waals surface area contributed by atoms with Crippen molar-refractivity contribution >= 4 is 11.6 Å². The van der Waals surface area contributed by atoms with Gasteiger partial charge in [-0.1, -0.05) is 0 Å². The molecule has 1 aliphatic rings. The van der Waals surface area contributed by atoms with Crippen LogP contribution in [0.2, 0.25) is 0 Å². The van der Waals surface area contributed by atoms with Gasteiger partial charge >= 0.3 is 6.18 Å². The van der Waals surface area contributed by atoms with Crippen molar-refractivity contribution in [2.75, 3.05) is 40.2 Å². The van der Waals surface area contributed by atoms with E-state index in [1.807, 2.05) is 0 Å². The Balaban J connectivity index is 1.76. The number of benzene rings is 2. The molecule has 0 bridgehead atoms. The summed E-state index contributed by atoms with van der Waals surface area (Å²) in [7, 11) is 6.39. The fourth-order valence-corrected chi connectivity index (χ4v) is 4.83. The van der Waals surface area contributed by atoms with Crippen LogP contribution in [0.5, 0.6) is 11.5 Å². The van der Waals surface area contributed by atoms with E-state index in [-0.39, 0.29) is 11.6 Å². The number of carbonyl (C=O) groups excluding carboxylic acids is 1. The molecular formula is C29H33F3N4O4.